The molecular weight excluding hydrogens is 280 g/mol. The molecule has 0 aliphatic rings. The number of nitrogens with zero attached hydrogens (tertiary/aromatic N) is 2. The molecule has 2 rings (SSSR count). The van der Waals surface area contributed by atoms with Gasteiger partial charge in [-0.25, -0.2) is 18.5 Å². The summed E-state index contributed by atoms with van der Waals surface area (Å²) in [5.41, 5.74) is 0.788. The zero-order valence-corrected chi connectivity index (χ0v) is 11.4. The molecule has 0 aliphatic carbocycles. The lowest BCUT2D eigenvalue weighted by molar-refractivity contribution is -0.121. The predicted molar refractivity (Wildman–Crippen MR) is 71.9 cm³/mol. The molecule has 0 unspecified atom stereocenters. The summed E-state index contributed by atoms with van der Waals surface area (Å²) in [4.78, 5) is 15.5. The minimum atomic E-state index is -3.68. The van der Waals surface area contributed by atoms with Crippen molar-refractivity contribution in [2.24, 2.45) is 5.14 Å². The summed E-state index contributed by atoms with van der Waals surface area (Å²) in [6.45, 7) is 0.508. The maximum absolute atomic E-state index is 11.6. The Morgan fingerprint density at radius 3 is 2.55 bits per heavy atom. The van der Waals surface area contributed by atoms with Gasteiger partial charge in [0.2, 0.25) is 15.9 Å². The Labute approximate surface area is 116 Å². The quantitative estimate of drug-likeness (QED) is 0.799. The standard InChI is InChI=1S/C12H14N4O3S/c13-20(18,19)11-3-1-10(2-4-11)7-15-12(17)8-16-6-5-14-9-16/h1-6,9H,7-8H2,(H,15,17)(H2,13,18,19). The van der Waals surface area contributed by atoms with Crippen molar-refractivity contribution < 1.29 is 13.2 Å². The highest BCUT2D eigenvalue weighted by Crippen LogP contribution is 2.08. The van der Waals surface area contributed by atoms with Gasteiger partial charge in [0.05, 0.1) is 11.2 Å². The molecule has 0 fully saturated rings. The smallest absolute Gasteiger partial charge is 0.240 e. The van der Waals surface area contributed by atoms with Crippen molar-refractivity contribution in [3.8, 4) is 0 Å². The van der Waals surface area contributed by atoms with Crippen molar-refractivity contribution in [1.29, 1.82) is 0 Å². The topological polar surface area (TPSA) is 107 Å². The van der Waals surface area contributed by atoms with Crippen LogP contribution < -0.4 is 10.5 Å². The minimum Gasteiger partial charge on any atom is -0.350 e. The van der Waals surface area contributed by atoms with Gasteiger partial charge in [-0.15, -0.1) is 0 Å². The van der Waals surface area contributed by atoms with Crippen molar-refractivity contribution in [3.63, 3.8) is 0 Å². The summed E-state index contributed by atoms with van der Waals surface area (Å²) in [5.74, 6) is -0.154. The largest absolute Gasteiger partial charge is 0.350 e. The number of carbonyl (C=O) groups excluding carboxylic acids is 1. The summed E-state index contributed by atoms with van der Waals surface area (Å²) in [5, 5.41) is 7.73. The van der Waals surface area contributed by atoms with Crippen LogP contribution in [0.5, 0.6) is 0 Å². The highest BCUT2D eigenvalue weighted by Gasteiger charge is 2.07. The first-order chi connectivity index (χ1) is 9.45. The monoisotopic (exact) mass is 294 g/mol. The molecule has 1 amide bonds. The van der Waals surface area contributed by atoms with Crippen molar-refractivity contribution >= 4 is 15.9 Å². The fraction of sp³-hybridized carbons (Fsp3) is 0.167. The van der Waals surface area contributed by atoms with E-state index in [1.807, 2.05) is 0 Å². The van der Waals surface area contributed by atoms with Crippen LogP contribution in [0.15, 0.2) is 47.9 Å². The maximum atomic E-state index is 11.6. The number of aromatic nitrogens is 2. The summed E-state index contributed by atoms with van der Waals surface area (Å²) in [6.07, 6.45) is 4.85. The summed E-state index contributed by atoms with van der Waals surface area (Å²) >= 11 is 0. The molecule has 2 aromatic rings. The minimum absolute atomic E-state index is 0.0472. The van der Waals surface area contributed by atoms with Crippen molar-refractivity contribution in [1.82, 2.24) is 14.9 Å². The van der Waals surface area contributed by atoms with Crippen molar-refractivity contribution in [3.05, 3.63) is 48.5 Å². The third-order valence-corrected chi connectivity index (χ3v) is 3.56. The molecule has 7 nitrogen and oxygen atoms in total. The second-order valence-electron chi connectivity index (χ2n) is 4.20. The number of primary sulfonamides is 1. The van der Waals surface area contributed by atoms with E-state index in [4.69, 9.17) is 5.14 Å². The number of hydrogen-bond donors (Lipinski definition) is 2. The Morgan fingerprint density at radius 2 is 2.00 bits per heavy atom. The number of nitrogens with two attached hydrogens (primary N) is 1. The van der Waals surface area contributed by atoms with Crippen molar-refractivity contribution in [2.75, 3.05) is 0 Å². The molecule has 1 heterocycles. The molecule has 0 saturated heterocycles. The number of carbonyl (C=O) groups is 1. The number of amides is 1. The lowest BCUT2D eigenvalue weighted by Gasteiger charge is -2.06. The average molecular weight is 294 g/mol. The lowest BCUT2D eigenvalue weighted by Crippen LogP contribution is -2.26. The van der Waals surface area contributed by atoms with Crippen LogP contribution >= 0.6 is 0 Å². The first-order valence-corrected chi connectivity index (χ1v) is 7.34. The molecule has 1 aromatic carbocycles. The van der Waals surface area contributed by atoms with E-state index in [0.29, 0.717) is 6.54 Å². The second kappa shape index (κ2) is 5.85. The third kappa shape index (κ3) is 3.90. The van der Waals surface area contributed by atoms with Crippen LogP contribution in [-0.4, -0.2) is 23.9 Å². The molecule has 106 valence electrons. The molecule has 0 aliphatic heterocycles. The van der Waals surface area contributed by atoms with Crippen LogP contribution in [-0.2, 0) is 27.9 Å². The number of nitrogens with one attached hydrogen (secondary N) is 1. The molecule has 0 bridgehead atoms. The number of rotatable bonds is 5. The Bertz CT molecular complexity index is 678. The Kier molecular flexibility index (Phi) is 4.16. The van der Waals surface area contributed by atoms with E-state index < -0.39 is 10.0 Å². The molecule has 0 spiro atoms. The number of hydrogen-bond acceptors (Lipinski definition) is 4. The molecule has 20 heavy (non-hydrogen) atoms. The van der Waals surface area contributed by atoms with Gasteiger partial charge in [-0.1, -0.05) is 12.1 Å². The van der Waals surface area contributed by atoms with Crippen LogP contribution in [0.3, 0.4) is 0 Å². The van der Waals surface area contributed by atoms with Gasteiger partial charge < -0.3 is 9.88 Å². The van der Waals surface area contributed by atoms with E-state index in [2.05, 4.69) is 10.3 Å². The number of benzene rings is 1. The molecule has 0 radical (unpaired) electrons. The fourth-order valence-corrected chi connectivity index (χ4v) is 2.12. The van der Waals surface area contributed by atoms with E-state index in [9.17, 15) is 13.2 Å². The van der Waals surface area contributed by atoms with E-state index in [-0.39, 0.29) is 17.3 Å². The van der Waals surface area contributed by atoms with E-state index in [0.717, 1.165) is 5.56 Å². The van der Waals surface area contributed by atoms with Crippen LogP contribution in [0.2, 0.25) is 0 Å². The molecule has 0 saturated carbocycles. The van der Waals surface area contributed by atoms with Gasteiger partial charge in [0.25, 0.3) is 0 Å². The highest BCUT2D eigenvalue weighted by atomic mass is 32.2. The van der Waals surface area contributed by atoms with E-state index >= 15 is 0 Å². The Balaban J connectivity index is 1.89. The molecule has 8 heteroatoms. The average Bonchev–Trinajstić information content (AvgIpc) is 2.88. The molecular formula is C12H14N4O3S. The first kappa shape index (κ1) is 14.2. The number of imidazole rings is 1. The van der Waals surface area contributed by atoms with Gasteiger partial charge in [0.1, 0.15) is 6.54 Å². The van der Waals surface area contributed by atoms with Crippen LogP contribution in [0.4, 0.5) is 0 Å². The summed E-state index contributed by atoms with van der Waals surface area (Å²) < 4.78 is 23.8. The first-order valence-electron chi connectivity index (χ1n) is 5.79. The van der Waals surface area contributed by atoms with Gasteiger partial charge >= 0.3 is 0 Å². The van der Waals surface area contributed by atoms with Gasteiger partial charge in [0, 0.05) is 18.9 Å². The Hall–Kier alpha value is -2.19. The van der Waals surface area contributed by atoms with Crippen LogP contribution in [0, 0.1) is 0 Å². The lowest BCUT2D eigenvalue weighted by atomic mass is 10.2. The summed E-state index contributed by atoms with van der Waals surface area (Å²) in [6, 6.07) is 6.04. The van der Waals surface area contributed by atoms with Crippen LogP contribution in [0.1, 0.15) is 5.56 Å². The fourth-order valence-electron chi connectivity index (χ4n) is 1.60. The molecule has 1 aromatic heterocycles. The van der Waals surface area contributed by atoms with Gasteiger partial charge in [-0.05, 0) is 17.7 Å². The third-order valence-electron chi connectivity index (χ3n) is 2.63. The zero-order chi connectivity index (χ0) is 14.6. The van der Waals surface area contributed by atoms with Crippen LogP contribution in [0.25, 0.3) is 0 Å². The van der Waals surface area contributed by atoms with Gasteiger partial charge in [-0.3, -0.25) is 4.79 Å². The highest BCUT2D eigenvalue weighted by molar-refractivity contribution is 7.89. The van der Waals surface area contributed by atoms with Gasteiger partial charge in [0.15, 0.2) is 0 Å². The summed E-state index contributed by atoms with van der Waals surface area (Å²) in [7, 11) is -3.68. The zero-order valence-electron chi connectivity index (χ0n) is 10.6. The SMILES string of the molecule is NS(=O)(=O)c1ccc(CNC(=O)Cn2ccnc2)cc1. The molecule has 0 atom stereocenters. The van der Waals surface area contributed by atoms with E-state index in [1.54, 1.807) is 35.4 Å². The molecule has 3 N–H and O–H groups in total. The van der Waals surface area contributed by atoms with E-state index in [1.165, 1.54) is 12.1 Å². The van der Waals surface area contributed by atoms with Gasteiger partial charge in [-0.2, -0.15) is 0 Å². The second-order valence-corrected chi connectivity index (χ2v) is 5.76. The number of sulfonamides is 1. The van der Waals surface area contributed by atoms with Crippen molar-refractivity contribution in [2.45, 2.75) is 18.0 Å². The maximum Gasteiger partial charge on any atom is 0.240 e. The Morgan fingerprint density at radius 1 is 1.30 bits per heavy atom. The normalized spacial score (nSPS) is 11.2. The predicted octanol–water partition coefficient (Wildman–Crippen LogP) is -0.153.